The topological polar surface area (TPSA) is 63.6 Å². The molecule has 102 valence electrons. The molecule has 0 bridgehead atoms. The second-order valence-electron chi connectivity index (χ2n) is 5.04. The fourth-order valence-electron chi connectivity index (χ4n) is 1.89. The number of aromatic nitrogens is 4. The van der Waals surface area contributed by atoms with E-state index < -0.39 is 0 Å². The third-order valence-electron chi connectivity index (χ3n) is 3.02. The number of nitrogens with one attached hydrogen (secondary N) is 1. The summed E-state index contributed by atoms with van der Waals surface area (Å²) in [6.07, 6.45) is 2.54. The van der Waals surface area contributed by atoms with Crippen molar-refractivity contribution in [3.8, 4) is 11.4 Å². The van der Waals surface area contributed by atoms with Crippen LogP contribution in [0.25, 0.3) is 11.4 Å². The van der Waals surface area contributed by atoms with Crippen LogP contribution >= 0.6 is 22.6 Å². The highest BCUT2D eigenvalue weighted by Crippen LogP contribution is 2.20. The molecule has 0 aliphatic rings. The fraction of sp³-hybridized carbons (Fsp3) is 0.462. The van der Waals surface area contributed by atoms with Crippen molar-refractivity contribution in [1.29, 1.82) is 0 Å². The number of hydrogen-bond donors (Lipinski definition) is 1. The Kier molecular flexibility index (Phi) is 4.07. The monoisotopic (exact) mass is 372 g/mol. The quantitative estimate of drug-likeness (QED) is 0.841. The van der Waals surface area contributed by atoms with E-state index in [0.29, 0.717) is 15.3 Å². The van der Waals surface area contributed by atoms with E-state index in [1.807, 2.05) is 14.0 Å². The van der Waals surface area contributed by atoms with Crippen molar-refractivity contribution in [2.45, 2.75) is 27.2 Å². The Balaban J connectivity index is 2.56. The maximum atomic E-state index is 12.0. The van der Waals surface area contributed by atoms with Gasteiger partial charge < -0.3 is 4.98 Å². The zero-order valence-electron chi connectivity index (χ0n) is 11.5. The number of hydrogen-bond acceptors (Lipinski definition) is 3. The lowest BCUT2D eigenvalue weighted by atomic mass is 10.1. The van der Waals surface area contributed by atoms with Crippen molar-refractivity contribution in [2.24, 2.45) is 13.0 Å². The molecule has 19 heavy (non-hydrogen) atoms. The van der Waals surface area contributed by atoms with Crippen molar-refractivity contribution < 1.29 is 0 Å². The van der Waals surface area contributed by atoms with E-state index in [9.17, 15) is 4.79 Å². The Morgan fingerprint density at radius 3 is 2.68 bits per heavy atom. The van der Waals surface area contributed by atoms with E-state index in [4.69, 9.17) is 0 Å². The maximum Gasteiger partial charge on any atom is 0.264 e. The van der Waals surface area contributed by atoms with Gasteiger partial charge in [0.2, 0.25) is 0 Å². The molecule has 0 aromatic carbocycles. The summed E-state index contributed by atoms with van der Waals surface area (Å²) in [5.74, 6) is 1.07. The first-order chi connectivity index (χ1) is 8.90. The molecule has 0 amide bonds. The van der Waals surface area contributed by atoms with Crippen LogP contribution in [0.2, 0.25) is 0 Å². The van der Waals surface area contributed by atoms with E-state index in [0.717, 1.165) is 23.4 Å². The summed E-state index contributed by atoms with van der Waals surface area (Å²) in [4.78, 5) is 19.4. The number of nitrogens with zero attached hydrogens (tertiary/aromatic N) is 3. The molecule has 2 rings (SSSR count). The minimum Gasteiger partial charge on any atom is -0.305 e. The second kappa shape index (κ2) is 5.44. The summed E-state index contributed by atoms with van der Waals surface area (Å²) < 4.78 is 2.45. The largest absolute Gasteiger partial charge is 0.305 e. The molecule has 1 N–H and O–H groups in total. The predicted molar refractivity (Wildman–Crippen MR) is 83.1 cm³/mol. The Morgan fingerprint density at radius 2 is 2.16 bits per heavy atom. The summed E-state index contributed by atoms with van der Waals surface area (Å²) in [6.45, 7) is 6.20. The van der Waals surface area contributed by atoms with Crippen molar-refractivity contribution in [1.82, 2.24) is 19.7 Å². The highest BCUT2D eigenvalue weighted by atomic mass is 127. The first kappa shape index (κ1) is 14.2. The van der Waals surface area contributed by atoms with Crippen LogP contribution < -0.4 is 5.56 Å². The van der Waals surface area contributed by atoms with Crippen LogP contribution in [0.1, 0.15) is 25.2 Å². The molecule has 0 spiro atoms. The minimum atomic E-state index is -0.0792. The SMILES string of the molecule is Cc1c(-c2nc(CC(C)C)c(I)c(=O)[nH]2)cnn1C. The van der Waals surface area contributed by atoms with Crippen LogP contribution in [-0.2, 0) is 13.5 Å². The molecular weight excluding hydrogens is 355 g/mol. The predicted octanol–water partition coefficient (Wildman–Crippen LogP) is 2.28. The van der Waals surface area contributed by atoms with Gasteiger partial charge in [-0.2, -0.15) is 5.10 Å². The van der Waals surface area contributed by atoms with Crippen LogP contribution in [-0.4, -0.2) is 19.7 Å². The summed E-state index contributed by atoms with van der Waals surface area (Å²) in [5, 5.41) is 4.19. The van der Waals surface area contributed by atoms with Crippen molar-refractivity contribution in [3.05, 3.63) is 31.5 Å². The Morgan fingerprint density at radius 1 is 1.47 bits per heavy atom. The molecule has 2 heterocycles. The lowest BCUT2D eigenvalue weighted by molar-refractivity contribution is 0.631. The minimum absolute atomic E-state index is 0.0792. The molecular formula is C13H17IN4O. The molecule has 0 fully saturated rings. The van der Waals surface area contributed by atoms with Gasteiger partial charge >= 0.3 is 0 Å². The van der Waals surface area contributed by atoms with Crippen LogP contribution in [0, 0.1) is 16.4 Å². The van der Waals surface area contributed by atoms with Gasteiger partial charge in [0, 0.05) is 12.7 Å². The summed E-state index contributed by atoms with van der Waals surface area (Å²) in [7, 11) is 1.87. The molecule has 2 aromatic heterocycles. The van der Waals surface area contributed by atoms with Gasteiger partial charge in [-0.05, 0) is 41.9 Å². The first-order valence-corrected chi connectivity index (χ1v) is 7.25. The Bertz CT molecular complexity index is 657. The van der Waals surface area contributed by atoms with Gasteiger partial charge in [-0.15, -0.1) is 0 Å². The second-order valence-corrected chi connectivity index (χ2v) is 6.12. The van der Waals surface area contributed by atoms with Crippen molar-refractivity contribution in [2.75, 3.05) is 0 Å². The van der Waals surface area contributed by atoms with Gasteiger partial charge in [-0.1, -0.05) is 13.8 Å². The molecule has 2 aromatic rings. The third kappa shape index (κ3) is 2.88. The zero-order chi connectivity index (χ0) is 14.2. The molecule has 0 aliphatic heterocycles. The number of rotatable bonds is 3. The molecule has 0 saturated heterocycles. The normalized spacial score (nSPS) is 11.3. The van der Waals surface area contributed by atoms with E-state index in [-0.39, 0.29) is 5.56 Å². The van der Waals surface area contributed by atoms with E-state index >= 15 is 0 Å². The van der Waals surface area contributed by atoms with Gasteiger partial charge in [0.05, 0.1) is 21.0 Å². The number of H-pyrrole nitrogens is 1. The molecule has 0 radical (unpaired) electrons. The van der Waals surface area contributed by atoms with Gasteiger partial charge in [0.1, 0.15) is 5.82 Å². The smallest absolute Gasteiger partial charge is 0.264 e. The molecule has 0 atom stereocenters. The lowest BCUT2D eigenvalue weighted by Gasteiger charge is -2.08. The first-order valence-electron chi connectivity index (χ1n) is 6.17. The van der Waals surface area contributed by atoms with E-state index in [1.165, 1.54) is 0 Å². The van der Waals surface area contributed by atoms with Crippen LogP contribution in [0.5, 0.6) is 0 Å². The van der Waals surface area contributed by atoms with Gasteiger partial charge in [0.15, 0.2) is 0 Å². The standard InChI is InChI=1S/C13H17IN4O/c1-7(2)5-10-11(14)13(19)17-12(16-10)9-6-15-18(4)8(9)3/h6-7H,5H2,1-4H3,(H,16,17,19). The van der Waals surface area contributed by atoms with Gasteiger partial charge in [0.25, 0.3) is 5.56 Å². The summed E-state index contributed by atoms with van der Waals surface area (Å²) in [5.41, 5.74) is 2.64. The van der Waals surface area contributed by atoms with Gasteiger partial charge in [-0.25, -0.2) is 4.98 Å². The fourth-order valence-corrected chi connectivity index (χ4v) is 2.36. The molecule has 0 saturated carbocycles. The average molecular weight is 372 g/mol. The van der Waals surface area contributed by atoms with Crippen molar-refractivity contribution >= 4 is 22.6 Å². The summed E-state index contributed by atoms with van der Waals surface area (Å²) in [6, 6.07) is 0. The number of halogens is 1. The van der Waals surface area contributed by atoms with Crippen molar-refractivity contribution in [3.63, 3.8) is 0 Å². The molecule has 5 nitrogen and oxygen atoms in total. The zero-order valence-corrected chi connectivity index (χ0v) is 13.6. The maximum absolute atomic E-state index is 12.0. The van der Waals surface area contributed by atoms with Crippen LogP contribution in [0.4, 0.5) is 0 Å². The highest BCUT2D eigenvalue weighted by Gasteiger charge is 2.14. The average Bonchev–Trinajstić information content (AvgIpc) is 2.65. The molecule has 6 heteroatoms. The molecule has 0 unspecified atom stereocenters. The summed E-state index contributed by atoms with van der Waals surface area (Å²) >= 11 is 2.06. The Hall–Kier alpha value is -1.18. The van der Waals surface area contributed by atoms with Crippen LogP contribution in [0.15, 0.2) is 11.0 Å². The number of aryl methyl sites for hydroxylation is 1. The third-order valence-corrected chi connectivity index (χ3v) is 4.14. The number of aromatic amines is 1. The molecule has 0 aliphatic carbocycles. The van der Waals surface area contributed by atoms with E-state index in [1.54, 1.807) is 10.9 Å². The van der Waals surface area contributed by atoms with E-state index in [2.05, 4.69) is 51.5 Å². The lowest BCUT2D eigenvalue weighted by Crippen LogP contribution is -2.17. The Labute approximate surface area is 125 Å². The highest BCUT2D eigenvalue weighted by molar-refractivity contribution is 14.1. The van der Waals surface area contributed by atoms with Gasteiger partial charge in [-0.3, -0.25) is 9.48 Å². The van der Waals surface area contributed by atoms with Crippen LogP contribution in [0.3, 0.4) is 0 Å².